The van der Waals surface area contributed by atoms with Gasteiger partial charge in [-0.1, -0.05) is 60.2 Å². The molecule has 3 aromatic carbocycles. The number of para-hydroxylation sites is 1. The van der Waals surface area contributed by atoms with Crippen LogP contribution in [0.1, 0.15) is 11.1 Å². The van der Waals surface area contributed by atoms with Crippen molar-refractivity contribution < 1.29 is 4.79 Å². The zero-order valence-electron chi connectivity index (χ0n) is 17.2. The van der Waals surface area contributed by atoms with Gasteiger partial charge in [-0.25, -0.2) is 0 Å². The molecule has 156 valence electrons. The molecular formula is C25H23N3O2S. The Labute approximate surface area is 185 Å². The maximum atomic E-state index is 13.3. The fourth-order valence-electron chi connectivity index (χ4n) is 3.64. The van der Waals surface area contributed by atoms with Crippen LogP contribution in [0, 0.1) is 11.7 Å². The van der Waals surface area contributed by atoms with Gasteiger partial charge in [0.05, 0.1) is 16.6 Å². The molecule has 0 unspecified atom stereocenters. The Kier molecular flexibility index (Phi) is 6.09. The van der Waals surface area contributed by atoms with Crippen molar-refractivity contribution in [1.82, 2.24) is 14.5 Å². The number of amides is 1. The van der Waals surface area contributed by atoms with E-state index in [1.807, 2.05) is 85.8 Å². The van der Waals surface area contributed by atoms with Crippen LogP contribution in [0.4, 0.5) is 0 Å². The fourth-order valence-corrected chi connectivity index (χ4v) is 3.99. The van der Waals surface area contributed by atoms with Crippen LogP contribution in [0.5, 0.6) is 0 Å². The van der Waals surface area contributed by atoms with Gasteiger partial charge in [0, 0.05) is 6.54 Å². The smallest absolute Gasteiger partial charge is 0.266 e. The Morgan fingerprint density at radius 1 is 0.968 bits per heavy atom. The molecule has 0 saturated carbocycles. The van der Waals surface area contributed by atoms with E-state index in [4.69, 9.17) is 12.2 Å². The summed E-state index contributed by atoms with van der Waals surface area (Å²) < 4.78 is 3.52. The molecule has 4 rings (SSSR count). The maximum Gasteiger partial charge on any atom is 0.266 e. The average Bonchev–Trinajstić information content (AvgIpc) is 2.78. The van der Waals surface area contributed by atoms with Crippen LogP contribution in [0.15, 0.2) is 83.7 Å². The van der Waals surface area contributed by atoms with Crippen LogP contribution in [-0.4, -0.2) is 21.6 Å². The number of hydrogen-bond acceptors (Lipinski definition) is 3. The highest BCUT2D eigenvalue weighted by molar-refractivity contribution is 7.71. The van der Waals surface area contributed by atoms with E-state index in [-0.39, 0.29) is 18.0 Å². The molecule has 0 bridgehead atoms. The largest absolute Gasteiger partial charge is 0.354 e. The third-order valence-corrected chi connectivity index (χ3v) is 5.60. The highest BCUT2D eigenvalue weighted by Crippen LogP contribution is 2.16. The predicted octanol–water partition coefficient (Wildman–Crippen LogP) is 4.19. The van der Waals surface area contributed by atoms with Crippen molar-refractivity contribution >= 4 is 29.0 Å². The molecule has 31 heavy (non-hydrogen) atoms. The van der Waals surface area contributed by atoms with Crippen LogP contribution in [0.2, 0.25) is 0 Å². The third kappa shape index (κ3) is 4.49. The number of fused-ring (bicyclic) bond motifs is 1. The van der Waals surface area contributed by atoms with Crippen molar-refractivity contribution in [2.75, 3.05) is 6.54 Å². The lowest BCUT2D eigenvalue weighted by Gasteiger charge is -2.16. The Morgan fingerprint density at radius 3 is 2.35 bits per heavy atom. The molecule has 5 nitrogen and oxygen atoms in total. The topological polar surface area (TPSA) is 56.0 Å². The van der Waals surface area contributed by atoms with E-state index in [2.05, 4.69) is 5.32 Å². The minimum Gasteiger partial charge on any atom is -0.354 e. The molecule has 0 fully saturated rings. The Bertz CT molecular complexity index is 1340. The molecule has 6 heteroatoms. The minimum atomic E-state index is -0.185. The number of nitrogens with zero attached hydrogens (tertiary/aromatic N) is 2. The number of carbonyl (C=O) groups excluding carboxylic acids is 1. The second-order valence-corrected chi connectivity index (χ2v) is 7.82. The first-order chi connectivity index (χ1) is 15.0. The van der Waals surface area contributed by atoms with Gasteiger partial charge in [-0.2, -0.15) is 0 Å². The van der Waals surface area contributed by atoms with Gasteiger partial charge in [-0.05, 0) is 55.4 Å². The SMILES string of the molecule is Cc1ccc2c(c1)c(=O)n(-c1ccccc1)c(=S)n2CC(=O)NCCc1ccccc1. The first kappa shape index (κ1) is 20.8. The fraction of sp³-hybridized carbons (Fsp3) is 0.160. The molecule has 0 spiro atoms. The Hall–Kier alpha value is -3.51. The molecule has 1 N–H and O–H groups in total. The number of nitrogens with one attached hydrogen (secondary N) is 1. The van der Waals surface area contributed by atoms with E-state index in [0.29, 0.717) is 27.9 Å². The molecule has 0 aliphatic rings. The third-order valence-electron chi connectivity index (χ3n) is 5.19. The van der Waals surface area contributed by atoms with Crippen molar-refractivity contribution in [2.45, 2.75) is 19.9 Å². The summed E-state index contributed by atoms with van der Waals surface area (Å²) in [6.07, 6.45) is 0.751. The summed E-state index contributed by atoms with van der Waals surface area (Å²) in [6, 6.07) is 24.9. The summed E-state index contributed by atoms with van der Waals surface area (Å²) in [6.45, 7) is 2.51. The van der Waals surface area contributed by atoms with E-state index >= 15 is 0 Å². The van der Waals surface area contributed by atoms with Crippen LogP contribution in [0.3, 0.4) is 0 Å². The minimum absolute atomic E-state index is 0.0420. The first-order valence-corrected chi connectivity index (χ1v) is 10.6. The van der Waals surface area contributed by atoms with E-state index in [1.54, 1.807) is 4.57 Å². The molecule has 1 heterocycles. The lowest BCUT2D eigenvalue weighted by molar-refractivity contribution is -0.121. The molecule has 1 aromatic heterocycles. The molecule has 0 radical (unpaired) electrons. The number of aryl methyl sites for hydroxylation is 1. The molecule has 4 aromatic rings. The Morgan fingerprint density at radius 2 is 1.65 bits per heavy atom. The average molecular weight is 430 g/mol. The van der Waals surface area contributed by atoms with Crippen LogP contribution < -0.4 is 10.9 Å². The Balaban J connectivity index is 1.69. The van der Waals surface area contributed by atoms with Gasteiger partial charge in [0.25, 0.3) is 5.56 Å². The zero-order chi connectivity index (χ0) is 21.8. The summed E-state index contributed by atoms with van der Waals surface area (Å²) in [5, 5.41) is 3.50. The molecule has 1 amide bonds. The summed E-state index contributed by atoms with van der Waals surface area (Å²) in [4.78, 5) is 26.0. The van der Waals surface area contributed by atoms with Crippen molar-refractivity contribution in [3.63, 3.8) is 0 Å². The second kappa shape index (κ2) is 9.10. The van der Waals surface area contributed by atoms with E-state index < -0.39 is 0 Å². The molecular weight excluding hydrogens is 406 g/mol. The predicted molar refractivity (Wildman–Crippen MR) is 126 cm³/mol. The van der Waals surface area contributed by atoms with Crippen LogP contribution in [0.25, 0.3) is 16.6 Å². The van der Waals surface area contributed by atoms with Gasteiger partial charge in [0.1, 0.15) is 6.54 Å². The summed E-state index contributed by atoms with van der Waals surface area (Å²) >= 11 is 5.68. The van der Waals surface area contributed by atoms with Gasteiger partial charge in [0.15, 0.2) is 4.77 Å². The lowest BCUT2D eigenvalue weighted by Crippen LogP contribution is -2.32. The summed E-state index contributed by atoms with van der Waals surface area (Å²) in [5.41, 5.74) is 3.29. The van der Waals surface area contributed by atoms with Crippen LogP contribution in [-0.2, 0) is 17.8 Å². The van der Waals surface area contributed by atoms with Gasteiger partial charge < -0.3 is 9.88 Å². The van der Waals surface area contributed by atoms with Gasteiger partial charge in [-0.15, -0.1) is 0 Å². The first-order valence-electron chi connectivity index (χ1n) is 10.2. The number of hydrogen-bond donors (Lipinski definition) is 1. The van der Waals surface area contributed by atoms with E-state index in [0.717, 1.165) is 17.5 Å². The van der Waals surface area contributed by atoms with E-state index in [9.17, 15) is 9.59 Å². The van der Waals surface area contributed by atoms with Crippen molar-refractivity contribution in [2.24, 2.45) is 0 Å². The van der Waals surface area contributed by atoms with Crippen molar-refractivity contribution in [1.29, 1.82) is 0 Å². The maximum absolute atomic E-state index is 13.3. The quantitative estimate of drug-likeness (QED) is 0.468. The molecule has 0 aliphatic carbocycles. The lowest BCUT2D eigenvalue weighted by atomic mass is 10.1. The highest BCUT2D eigenvalue weighted by atomic mass is 32.1. The summed E-state index contributed by atoms with van der Waals surface area (Å²) in [7, 11) is 0. The standard InChI is InChI=1S/C25H23N3O2S/c1-18-12-13-22-21(16-18)24(30)28(20-10-6-3-7-11-20)25(31)27(22)17-23(29)26-15-14-19-8-4-2-5-9-19/h2-13,16H,14-15,17H2,1H3,(H,26,29). The van der Waals surface area contributed by atoms with Crippen molar-refractivity contribution in [3.05, 3.63) is 105 Å². The number of rotatable bonds is 6. The van der Waals surface area contributed by atoms with Gasteiger partial charge in [-0.3, -0.25) is 14.2 Å². The molecule has 0 saturated heterocycles. The summed E-state index contributed by atoms with van der Waals surface area (Å²) in [5.74, 6) is -0.146. The van der Waals surface area contributed by atoms with E-state index in [1.165, 1.54) is 4.57 Å². The molecule has 0 atom stereocenters. The van der Waals surface area contributed by atoms with Gasteiger partial charge >= 0.3 is 0 Å². The number of benzene rings is 3. The van der Waals surface area contributed by atoms with Gasteiger partial charge in [0.2, 0.25) is 5.91 Å². The van der Waals surface area contributed by atoms with Crippen LogP contribution >= 0.6 is 12.2 Å². The number of carbonyl (C=O) groups is 1. The normalized spacial score (nSPS) is 10.9. The van der Waals surface area contributed by atoms with Crippen molar-refractivity contribution in [3.8, 4) is 5.69 Å². The monoisotopic (exact) mass is 429 g/mol. The highest BCUT2D eigenvalue weighted by Gasteiger charge is 2.14. The molecule has 0 aliphatic heterocycles. The second-order valence-electron chi connectivity index (χ2n) is 7.45. The zero-order valence-corrected chi connectivity index (χ0v) is 18.1. The number of aromatic nitrogens is 2.